The summed E-state index contributed by atoms with van der Waals surface area (Å²) in [5, 5.41) is 0. The van der Waals surface area contributed by atoms with Crippen LogP contribution in [0.4, 0.5) is 0 Å². The van der Waals surface area contributed by atoms with Crippen molar-refractivity contribution in [2.75, 3.05) is 13.1 Å². The molecule has 34 heavy (non-hydrogen) atoms. The van der Waals surface area contributed by atoms with E-state index in [0.717, 1.165) is 25.9 Å². The van der Waals surface area contributed by atoms with E-state index < -0.39 is 0 Å². The lowest BCUT2D eigenvalue weighted by atomic mass is 10.0. The van der Waals surface area contributed by atoms with Crippen LogP contribution >= 0.6 is 0 Å². The van der Waals surface area contributed by atoms with Gasteiger partial charge in [0, 0.05) is 19.5 Å². The van der Waals surface area contributed by atoms with Crippen LogP contribution in [-0.2, 0) is 4.79 Å². The van der Waals surface area contributed by atoms with Gasteiger partial charge >= 0.3 is 0 Å². The molecule has 0 bridgehead atoms. The van der Waals surface area contributed by atoms with Crippen LogP contribution < -0.4 is 0 Å². The molecule has 1 fully saturated rings. The number of amides is 1. The first-order chi connectivity index (χ1) is 16.8. The lowest BCUT2D eigenvalue weighted by Crippen LogP contribution is -2.27. The van der Waals surface area contributed by atoms with E-state index in [-0.39, 0.29) is 0 Å². The summed E-state index contributed by atoms with van der Waals surface area (Å²) in [6.07, 6.45) is 39.9. The third-order valence-electron chi connectivity index (χ3n) is 7.61. The van der Waals surface area contributed by atoms with Crippen molar-refractivity contribution >= 4 is 5.91 Å². The molecule has 1 amide bonds. The molecular formula is C32H61NO. The SMILES string of the molecule is CCCCCCC=CCCCCCCCCCCCCCCCCCCCC(=O)N1CCCC1. The lowest BCUT2D eigenvalue weighted by molar-refractivity contribution is -0.130. The van der Waals surface area contributed by atoms with Crippen LogP contribution in [-0.4, -0.2) is 23.9 Å². The van der Waals surface area contributed by atoms with Crippen LogP contribution in [0.15, 0.2) is 12.2 Å². The fraction of sp³-hybridized carbons (Fsp3) is 0.906. The fourth-order valence-corrected chi connectivity index (χ4v) is 5.24. The van der Waals surface area contributed by atoms with Gasteiger partial charge in [-0.25, -0.2) is 0 Å². The highest BCUT2D eigenvalue weighted by molar-refractivity contribution is 5.76. The van der Waals surface area contributed by atoms with Crippen LogP contribution in [0.25, 0.3) is 0 Å². The molecule has 1 aliphatic rings. The van der Waals surface area contributed by atoms with Crippen molar-refractivity contribution in [3.8, 4) is 0 Å². The summed E-state index contributed by atoms with van der Waals surface area (Å²) in [5.74, 6) is 0.407. The number of hydrogen-bond acceptors (Lipinski definition) is 1. The number of unbranched alkanes of at least 4 members (excludes halogenated alkanes) is 21. The molecule has 0 atom stereocenters. The van der Waals surface area contributed by atoms with Gasteiger partial charge in [-0.3, -0.25) is 4.79 Å². The molecule has 200 valence electrons. The maximum atomic E-state index is 12.0. The normalized spacial score (nSPS) is 14.0. The smallest absolute Gasteiger partial charge is 0.222 e. The summed E-state index contributed by atoms with van der Waals surface area (Å²) in [5.41, 5.74) is 0. The van der Waals surface area contributed by atoms with Crippen LogP contribution in [0.1, 0.15) is 174 Å². The summed E-state index contributed by atoms with van der Waals surface area (Å²) >= 11 is 0. The summed E-state index contributed by atoms with van der Waals surface area (Å²) in [7, 11) is 0. The van der Waals surface area contributed by atoms with Gasteiger partial charge in [0.2, 0.25) is 5.91 Å². The average Bonchev–Trinajstić information content (AvgIpc) is 3.39. The quantitative estimate of drug-likeness (QED) is 0.0949. The minimum atomic E-state index is 0.407. The predicted molar refractivity (Wildman–Crippen MR) is 151 cm³/mol. The number of likely N-dealkylation sites (tertiary alicyclic amines) is 1. The van der Waals surface area contributed by atoms with Crippen molar-refractivity contribution in [2.45, 2.75) is 174 Å². The van der Waals surface area contributed by atoms with Gasteiger partial charge in [0.25, 0.3) is 0 Å². The maximum Gasteiger partial charge on any atom is 0.222 e. The van der Waals surface area contributed by atoms with Gasteiger partial charge in [-0.15, -0.1) is 0 Å². The molecule has 0 unspecified atom stereocenters. The fourth-order valence-electron chi connectivity index (χ4n) is 5.24. The Morgan fingerprint density at radius 3 is 1.29 bits per heavy atom. The predicted octanol–water partition coefficient (Wildman–Crippen LogP) is 10.5. The van der Waals surface area contributed by atoms with E-state index in [1.807, 2.05) is 0 Å². The number of carbonyl (C=O) groups excluding carboxylic acids is 1. The van der Waals surface area contributed by atoms with E-state index in [1.165, 1.54) is 154 Å². The Hall–Kier alpha value is -0.790. The van der Waals surface area contributed by atoms with Crippen LogP contribution in [0.2, 0.25) is 0 Å². The maximum absolute atomic E-state index is 12.0. The second kappa shape index (κ2) is 25.3. The Morgan fingerprint density at radius 2 is 0.882 bits per heavy atom. The largest absolute Gasteiger partial charge is 0.343 e. The van der Waals surface area contributed by atoms with Gasteiger partial charge in [0.05, 0.1) is 0 Å². The zero-order chi connectivity index (χ0) is 24.4. The van der Waals surface area contributed by atoms with Gasteiger partial charge in [-0.2, -0.15) is 0 Å². The first-order valence-electron chi connectivity index (χ1n) is 15.8. The molecule has 0 N–H and O–H groups in total. The molecule has 1 aliphatic heterocycles. The number of rotatable bonds is 25. The van der Waals surface area contributed by atoms with E-state index in [1.54, 1.807) is 0 Å². The molecule has 1 saturated heterocycles. The van der Waals surface area contributed by atoms with E-state index >= 15 is 0 Å². The van der Waals surface area contributed by atoms with Crippen molar-refractivity contribution in [2.24, 2.45) is 0 Å². The molecule has 0 aromatic heterocycles. The molecule has 0 aliphatic carbocycles. The number of nitrogens with zero attached hydrogens (tertiary/aromatic N) is 1. The highest BCUT2D eigenvalue weighted by Gasteiger charge is 2.16. The van der Waals surface area contributed by atoms with Crippen LogP contribution in [0, 0.1) is 0 Å². The Balaban J connectivity index is 1.66. The molecule has 2 nitrogen and oxygen atoms in total. The third kappa shape index (κ3) is 20.6. The summed E-state index contributed by atoms with van der Waals surface area (Å²) in [6.45, 7) is 4.30. The standard InChI is InChI=1S/C32H61NO/c1-2-3-4-5-6-7-8-9-10-11-12-13-14-15-16-17-18-19-20-21-22-23-24-25-26-29-32(34)33-30-27-28-31-33/h7-8H,2-6,9-31H2,1H3. The Labute approximate surface area is 214 Å². The van der Waals surface area contributed by atoms with Crippen LogP contribution in [0.5, 0.6) is 0 Å². The first-order valence-corrected chi connectivity index (χ1v) is 15.8. The monoisotopic (exact) mass is 475 g/mol. The average molecular weight is 476 g/mol. The summed E-state index contributed by atoms with van der Waals surface area (Å²) < 4.78 is 0. The van der Waals surface area contributed by atoms with Crippen molar-refractivity contribution in [1.82, 2.24) is 4.90 Å². The third-order valence-corrected chi connectivity index (χ3v) is 7.61. The molecule has 0 aromatic carbocycles. The van der Waals surface area contributed by atoms with Crippen LogP contribution in [0.3, 0.4) is 0 Å². The van der Waals surface area contributed by atoms with Gasteiger partial charge in [0.15, 0.2) is 0 Å². The van der Waals surface area contributed by atoms with Crippen molar-refractivity contribution < 1.29 is 4.79 Å². The lowest BCUT2D eigenvalue weighted by Gasteiger charge is -2.14. The molecule has 1 heterocycles. The highest BCUT2D eigenvalue weighted by Crippen LogP contribution is 2.16. The van der Waals surface area contributed by atoms with Gasteiger partial charge in [-0.1, -0.05) is 135 Å². The van der Waals surface area contributed by atoms with E-state index in [9.17, 15) is 4.79 Å². The molecule has 2 heteroatoms. The molecule has 0 spiro atoms. The number of allylic oxidation sites excluding steroid dienone is 2. The minimum Gasteiger partial charge on any atom is -0.343 e. The molecule has 0 saturated carbocycles. The van der Waals surface area contributed by atoms with Gasteiger partial charge in [0.1, 0.15) is 0 Å². The highest BCUT2D eigenvalue weighted by atomic mass is 16.2. The van der Waals surface area contributed by atoms with Gasteiger partial charge < -0.3 is 4.90 Å². The van der Waals surface area contributed by atoms with Crippen molar-refractivity contribution in [3.63, 3.8) is 0 Å². The Bertz CT molecular complexity index is 452. The molecule has 0 radical (unpaired) electrons. The Kier molecular flexibility index (Phi) is 23.3. The first kappa shape index (κ1) is 31.2. The summed E-state index contributed by atoms with van der Waals surface area (Å²) in [6, 6.07) is 0. The van der Waals surface area contributed by atoms with E-state index in [0.29, 0.717) is 5.91 Å². The van der Waals surface area contributed by atoms with E-state index in [4.69, 9.17) is 0 Å². The second-order valence-electron chi connectivity index (χ2n) is 11.0. The Morgan fingerprint density at radius 1 is 0.529 bits per heavy atom. The number of carbonyl (C=O) groups is 1. The van der Waals surface area contributed by atoms with Crippen molar-refractivity contribution in [1.29, 1.82) is 0 Å². The zero-order valence-electron chi connectivity index (χ0n) is 23.3. The second-order valence-corrected chi connectivity index (χ2v) is 11.0. The topological polar surface area (TPSA) is 20.3 Å². The van der Waals surface area contributed by atoms with E-state index in [2.05, 4.69) is 24.0 Å². The number of hydrogen-bond donors (Lipinski definition) is 0. The van der Waals surface area contributed by atoms with Crippen molar-refractivity contribution in [3.05, 3.63) is 12.2 Å². The zero-order valence-corrected chi connectivity index (χ0v) is 23.3. The summed E-state index contributed by atoms with van der Waals surface area (Å²) in [4.78, 5) is 14.1. The minimum absolute atomic E-state index is 0.407. The molecular weight excluding hydrogens is 414 g/mol. The molecule has 1 rings (SSSR count). The molecule has 0 aromatic rings. The van der Waals surface area contributed by atoms with Gasteiger partial charge in [-0.05, 0) is 44.9 Å².